The van der Waals surface area contributed by atoms with E-state index in [1.165, 1.54) is 37.2 Å². The highest BCUT2D eigenvalue weighted by molar-refractivity contribution is 7.12. The van der Waals surface area contributed by atoms with Gasteiger partial charge in [0.25, 0.3) is 0 Å². The zero-order chi connectivity index (χ0) is 12.1. The first kappa shape index (κ1) is 19.2. The molecule has 5 heteroatoms. The fraction of sp³-hybridized carbons (Fsp3) is 0.714. The average molecular weight is 325 g/mol. The average Bonchev–Trinajstić information content (AvgIpc) is 2.85. The van der Waals surface area contributed by atoms with Crippen molar-refractivity contribution in [3.05, 3.63) is 21.9 Å². The Morgan fingerprint density at radius 2 is 1.89 bits per heavy atom. The Balaban J connectivity index is 0.00000162. The van der Waals surface area contributed by atoms with Gasteiger partial charge in [0.05, 0.1) is 0 Å². The molecule has 0 spiro atoms. The van der Waals surface area contributed by atoms with Crippen LogP contribution in [0.4, 0.5) is 0 Å². The minimum absolute atomic E-state index is 0. The molecular weight excluding hydrogens is 299 g/mol. The van der Waals surface area contributed by atoms with Gasteiger partial charge in [0, 0.05) is 42.0 Å². The molecule has 112 valence electrons. The Kier molecular flexibility index (Phi) is 10.1. The highest BCUT2D eigenvalue weighted by Gasteiger charge is 2.22. The lowest BCUT2D eigenvalue weighted by Crippen LogP contribution is -2.45. The van der Waals surface area contributed by atoms with Gasteiger partial charge in [-0.3, -0.25) is 4.90 Å². The van der Waals surface area contributed by atoms with Crippen molar-refractivity contribution in [3.8, 4) is 0 Å². The zero-order valence-corrected chi connectivity index (χ0v) is 14.3. The molecule has 0 unspecified atom stereocenters. The largest absolute Gasteiger partial charge is 0.314 e. The molecule has 1 aromatic heterocycles. The molecule has 0 radical (unpaired) electrons. The summed E-state index contributed by atoms with van der Waals surface area (Å²) in [6.07, 6.45) is 3.74. The lowest BCUT2D eigenvalue weighted by atomic mass is 10.1. The van der Waals surface area contributed by atoms with E-state index in [1.807, 2.05) is 11.3 Å². The third-order valence-electron chi connectivity index (χ3n) is 3.51. The molecule has 19 heavy (non-hydrogen) atoms. The lowest BCUT2D eigenvalue weighted by molar-refractivity contribution is 0.167. The number of piperazine rings is 1. The van der Waals surface area contributed by atoms with Crippen LogP contribution in [0.15, 0.2) is 12.1 Å². The van der Waals surface area contributed by atoms with Crippen LogP contribution < -0.4 is 5.32 Å². The number of hydrogen-bond acceptors (Lipinski definition) is 3. The van der Waals surface area contributed by atoms with Crippen LogP contribution >= 0.6 is 36.2 Å². The topological polar surface area (TPSA) is 15.3 Å². The van der Waals surface area contributed by atoms with Crippen LogP contribution in [0.3, 0.4) is 0 Å². The normalized spacial score (nSPS) is 17.4. The van der Waals surface area contributed by atoms with Crippen molar-refractivity contribution in [2.75, 3.05) is 26.2 Å². The van der Waals surface area contributed by atoms with Crippen LogP contribution in [0.1, 0.15) is 42.5 Å². The Labute approximate surface area is 133 Å². The second-order valence-corrected chi connectivity index (χ2v) is 5.95. The maximum Gasteiger partial charge on any atom is 0.0442 e. The fourth-order valence-electron chi connectivity index (χ4n) is 2.54. The quantitative estimate of drug-likeness (QED) is 0.883. The van der Waals surface area contributed by atoms with Gasteiger partial charge in [-0.1, -0.05) is 20.3 Å². The molecule has 0 aromatic carbocycles. The molecule has 1 saturated heterocycles. The van der Waals surface area contributed by atoms with Gasteiger partial charge < -0.3 is 5.32 Å². The Bertz CT molecular complexity index is 338. The molecule has 0 saturated carbocycles. The van der Waals surface area contributed by atoms with Gasteiger partial charge in [0.1, 0.15) is 0 Å². The third kappa shape index (κ3) is 5.24. The van der Waals surface area contributed by atoms with E-state index in [4.69, 9.17) is 0 Å². The number of hydrogen-bond donors (Lipinski definition) is 1. The van der Waals surface area contributed by atoms with E-state index in [9.17, 15) is 0 Å². The smallest absolute Gasteiger partial charge is 0.0442 e. The van der Waals surface area contributed by atoms with Gasteiger partial charge in [-0.05, 0) is 25.0 Å². The van der Waals surface area contributed by atoms with E-state index < -0.39 is 0 Å². The van der Waals surface area contributed by atoms with E-state index in [0.717, 1.165) is 13.1 Å². The first-order valence-electron chi connectivity index (χ1n) is 6.88. The molecule has 1 fully saturated rings. The monoisotopic (exact) mass is 324 g/mol. The van der Waals surface area contributed by atoms with E-state index >= 15 is 0 Å². The number of halogens is 2. The number of nitrogens with one attached hydrogen (secondary N) is 1. The minimum Gasteiger partial charge on any atom is -0.314 e. The van der Waals surface area contributed by atoms with Crippen LogP contribution in [0.2, 0.25) is 0 Å². The SMILES string of the molecule is CCC[C@H](c1ccc(CC)s1)N1CCNCC1.Cl.Cl. The first-order chi connectivity index (χ1) is 8.35. The summed E-state index contributed by atoms with van der Waals surface area (Å²) in [7, 11) is 0. The standard InChI is InChI=1S/C14H24N2S.2ClH/c1-3-5-13(16-10-8-15-9-11-16)14-7-6-12(4-2)17-14;;/h6-7,13,15H,3-5,8-11H2,1-2H3;2*1H/t13-;;/m1../s1. The van der Waals surface area contributed by atoms with Gasteiger partial charge in [0.15, 0.2) is 0 Å². The van der Waals surface area contributed by atoms with Crippen LogP contribution in [0, 0.1) is 0 Å². The van der Waals surface area contributed by atoms with Crippen LogP contribution in [0.25, 0.3) is 0 Å². The summed E-state index contributed by atoms with van der Waals surface area (Å²) in [5.74, 6) is 0. The summed E-state index contributed by atoms with van der Waals surface area (Å²) < 4.78 is 0. The van der Waals surface area contributed by atoms with Crippen molar-refractivity contribution in [2.24, 2.45) is 0 Å². The highest BCUT2D eigenvalue weighted by atomic mass is 35.5. The van der Waals surface area contributed by atoms with Gasteiger partial charge >= 0.3 is 0 Å². The van der Waals surface area contributed by atoms with E-state index in [-0.39, 0.29) is 24.8 Å². The molecule has 0 bridgehead atoms. The summed E-state index contributed by atoms with van der Waals surface area (Å²) in [6.45, 7) is 9.23. The van der Waals surface area contributed by atoms with Gasteiger partial charge in [-0.2, -0.15) is 0 Å². The summed E-state index contributed by atoms with van der Waals surface area (Å²) >= 11 is 2.01. The molecule has 1 aromatic rings. The van der Waals surface area contributed by atoms with Crippen molar-refractivity contribution < 1.29 is 0 Å². The second kappa shape index (κ2) is 10.0. The predicted octanol–water partition coefficient (Wildman–Crippen LogP) is 3.90. The predicted molar refractivity (Wildman–Crippen MR) is 90.3 cm³/mol. The van der Waals surface area contributed by atoms with Gasteiger partial charge in [-0.15, -0.1) is 36.2 Å². The fourth-order valence-corrected chi connectivity index (χ4v) is 3.66. The number of nitrogens with zero attached hydrogens (tertiary/aromatic N) is 1. The van der Waals surface area contributed by atoms with E-state index in [0.29, 0.717) is 6.04 Å². The van der Waals surface area contributed by atoms with E-state index in [2.05, 4.69) is 36.2 Å². The molecule has 2 heterocycles. The molecule has 1 aliphatic rings. The first-order valence-corrected chi connectivity index (χ1v) is 7.70. The summed E-state index contributed by atoms with van der Waals surface area (Å²) in [4.78, 5) is 5.76. The summed E-state index contributed by atoms with van der Waals surface area (Å²) in [6, 6.07) is 5.32. The maximum absolute atomic E-state index is 3.44. The Morgan fingerprint density at radius 1 is 1.21 bits per heavy atom. The molecule has 2 nitrogen and oxygen atoms in total. The molecule has 0 amide bonds. The van der Waals surface area contributed by atoms with Crippen LogP contribution in [0.5, 0.6) is 0 Å². The van der Waals surface area contributed by atoms with Crippen molar-refractivity contribution in [2.45, 2.75) is 39.2 Å². The lowest BCUT2D eigenvalue weighted by Gasteiger charge is -2.34. The molecule has 1 N–H and O–H groups in total. The molecular formula is C14H26Cl2N2S. The van der Waals surface area contributed by atoms with Gasteiger partial charge in [-0.25, -0.2) is 0 Å². The summed E-state index contributed by atoms with van der Waals surface area (Å²) in [5, 5.41) is 3.44. The number of rotatable bonds is 5. The highest BCUT2D eigenvalue weighted by Crippen LogP contribution is 2.31. The van der Waals surface area contributed by atoms with Gasteiger partial charge in [0.2, 0.25) is 0 Å². The Hall–Kier alpha value is 0.200. The Morgan fingerprint density at radius 3 is 2.42 bits per heavy atom. The van der Waals surface area contributed by atoms with Crippen molar-refractivity contribution >= 4 is 36.2 Å². The minimum atomic E-state index is 0. The van der Waals surface area contributed by atoms with Crippen LogP contribution in [-0.2, 0) is 6.42 Å². The van der Waals surface area contributed by atoms with Crippen molar-refractivity contribution in [1.82, 2.24) is 10.2 Å². The summed E-state index contributed by atoms with van der Waals surface area (Å²) in [5.41, 5.74) is 0. The van der Waals surface area contributed by atoms with Crippen molar-refractivity contribution in [3.63, 3.8) is 0 Å². The molecule has 1 atom stereocenters. The number of aryl methyl sites for hydroxylation is 1. The van der Waals surface area contributed by atoms with Crippen molar-refractivity contribution in [1.29, 1.82) is 0 Å². The molecule has 2 rings (SSSR count). The zero-order valence-electron chi connectivity index (χ0n) is 11.9. The number of thiophene rings is 1. The van der Waals surface area contributed by atoms with E-state index in [1.54, 1.807) is 4.88 Å². The third-order valence-corrected chi connectivity index (χ3v) is 4.84. The molecule has 1 aliphatic heterocycles. The second-order valence-electron chi connectivity index (χ2n) is 4.75. The van der Waals surface area contributed by atoms with Crippen LogP contribution in [-0.4, -0.2) is 31.1 Å². The maximum atomic E-state index is 3.44. The molecule has 0 aliphatic carbocycles.